The number of rotatable bonds is 3. The summed E-state index contributed by atoms with van der Waals surface area (Å²) in [6.45, 7) is 5.81. The van der Waals surface area contributed by atoms with E-state index >= 15 is 0 Å². The number of halogens is 2. The molecule has 19 heavy (non-hydrogen) atoms. The number of benzene rings is 1. The van der Waals surface area contributed by atoms with E-state index in [1.165, 1.54) is 6.07 Å². The van der Waals surface area contributed by atoms with Crippen LogP contribution in [0.1, 0.15) is 43.5 Å². The first-order chi connectivity index (χ1) is 9.01. The van der Waals surface area contributed by atoms with Gasteiger partial charge in [-0.25, -0.2) is 4.39 Å². The van der Waals surface area contributed by atoms with Gasteiger partial charge in [0.05, 0.1) is 5.56 Å². The first kappa shape index (κ1) is 14.5. The van der Waals surface area contributed by atoms with Crippen molar-refractivity contribution in [2.24, 2.45) is 5.41 Å². The van der Waals surface area contributed by atoms with Gasteiger partial charge in [0.2, 0.25) is 0 Å². The smallest absolute Gasteiger partial charge is 0.256 e. The Balaban J connectivity index is 2.17. The first-order valence-electron chi connectivity index (χ1n) is 6.75. The van der Waals surface area contributed by atoms with Crippen LogP contribution < -0.4 is 0 Å². The predicted molar refractivity (Wildman–Crippen MR) is 77.6 cm³/mol. The summed E-state index contributed by atoms with van der Waals surface area (Å²) in [4.78, 5) is 14.2. The number of likely N-dealkylation sites (tertiary alicyclic amines) is 1. The number of carbonyl (C=O) groups is 1. The summed E-state index contributed by atoms with van der Waals surface area (Å²) in [7, 11) is 0. The van der Waals surface area contributed by atoms with Gasteiger partial charge in [-0.1, -0.05) is 29.8 Å². The fourth-order valence-corrected chi connectivity index (χ4v) is 3.10. The van der Waals surface area contributed by atoms with Crippen LogP contribution >= 0.6 is 15.9 Å². The second-order valence-electron chi connectivity index (χ2n) is 5.31. The van der Waals surface area contributed by atoms with Crippen molar-refractivity contribution in [3.63, 3.8) is 0 Å². The molecule has 0 aliphatic carbocycles. The quantitative estimate of drug-likeness (QED) is 0.813. The lowest BCUT2D eigenvalue weighted by Crippen LogP contribution is -2.32. The van der Waals surface area contributed by atoms with E-state index in [4.69, 9.17) is 0 Å². The van der Waals surface area contributed by atoms with Crippen LogP contribution in [0.3, 0.4) is 0 Å². The molecule has 1 aromatic carbocycles. The lowest BCUT2D eigenvalue weighted by molar-refractivity contribution is 0.0765. The first-order valence-corrected chi connectivity index (χ1v) is 7.55. The molecule has 0 unspecified atom stereocenters. The standard InChI is InChI=1S/C15H19BrFNO/c1-3-15(4-2)7-8-18(10-15)14(19)12-6-5-11(16)9-13(12)17/h5-6,9H,3-4,7-8,10H2,1-2H3. The molecule has 0 saturated carbocycles. The van der Waals surface area contributed by atoms with Crippen LogP contribution in [0.15, 0.2) is 22.7 Å². The normalized spacial score (nSPS) is 17.8. The van der Waals surface area contributed by atoms with E-state index in [0.29, 0.717) is 4.47 Å². The lowest BCUT2D eigenvalue weighted by Gasteiger charge is -2.26. The molecule has 0 spiro atoms. The highest BCUT2D eigenvalue weighted by Gasteiger charge is 2.37. The van der Waals surface area contributed by atoms with E-state index in [1.54, 1.807) is 17.0 Å². The Bertz CT molecular complexity index is 485. The van der Waals surface area contributed by atoms with Gasteiger partial charge in [-0.3, -0.25) is 4.79 Å². The van der Waals surface area contributed by atoms with Crippen LogP contribution in [0.5, 0.6) is 0 Å². The number of carbonyl (C=O) groups excluding carboxylic acids is 1. The van der Waals surface area contributed by atoms with E-state index in [1.807, 2.05) is 0 Å². The second kappa shape index (κ2) is 5.61. The SMILES string of the molecule is CCC1(CC)CCN(C(=O)c2ccc(Br)cc2F)C1. The molecule has 1 aliphatic heterocycles. The third-order valence-electron chi connectivity index (χ3n) is 4.39. The monoisotopic (exact) mass is 327 g/mol. The minimum Gasteiger partial charge on any atom is -0.338 e. The maximum absolute atomic E-state index is 13.8. The average Bonchev–Trinajstić information content (AvgIpc) is 2.83. The molecule has 1 amide bonds. The molecule has 2 nitrogen and oxygen atoms in total. The molecule has 0 N–H and O–H groups in total. The number of hydrogen-bond donors (Lipinski definition) is 0. The average molecular weight is 328 g/mol. The minimum absolute atomic E-state index is 0.172. The van der Waals surface area contributed by atoms with Crippen molar-refractivity contribution >= 4 is 21.8 Å². The van der Waals surface area contributed by atoms with Gasteiger partial charge in [0.15, 0.2) is 0 Å². The molecule has 4 heteroatoms. The van der Waals surface area contributed by atoms with Gasteiger partial charge in [-0.05, 0) is 42.9 Å². The Kier molecular flexibility index (Phi) is 4.29. The van der Waals surface area contributed by atoms with E-state index in [0.717, 1.165) is 32.4 Å². The third kappa shape index (κ3) is 2.83. The van der Waals surface area contributed by atoms with Crippen LogP contribution in [-0.2, 0) is 0 Å². The molecule has 1 aromatic rings. The van der Waals surface area contributed by atoms with E-state index < -0.39 is 5.82 Å². The molecule has 1 aliphatic rings. The van der Waals surface area contributed by atoms with Gasteiger partial charge in [-0.2, -0.15) is 0 Å². The summed E-state index contributed by atoms with van der Waals surface area (Å²) < 4.78 is 14.5. The maximum Gasteiger partial charge on any atom is 0.256 e. The Morgan fingerprint density at radius 2 is 2.11 bits per heavy atom. The second-order valence-corrected chi connectivity index (χ2v) is 6.22. The molecule has 0 bridgehead atoms. The zero-order valence-corrected chi connectivity index (χ0v) is 13.0. The Hall–Kier alpha value is -0.900. The summed E-state index contributed by atoms with van der Waals surface area (Å²) >= 11 is 3.20. The highest BCUT2D eigenvalue weighted by Crippen LogP contribution is 2.37. The lowest BCUT2D eigenvalue weighted by atomic mass is 9.82. The molecule has 1 saturated heterocycles. The Labute approximate surface area is 122 Å². The number of hydrogen-bond acceptors (Lipinski definition) is 1. The topological polar surface area (TPSA) is 20.3 Å². The van der Waals surface area contributed by atoms with E-state index in [2.05, 4.69) is 29.8 Å². The van der Waals surface area contributed by atoms with Crippen LogP contribution in [0, 0.1) is 11.2 Å². The largest absolute Gasteiger partial charge is 0.338 e. The van der Waals surface area contributed by atoms with Crippen molar-refractivity contribution in [3.05, 3.63) is 34.1 Å². The molecule has 0 radical (unpaired) electrons. The maximum atomic E-state index is 13.8. The summed E-state index contributed by atoms with van der Waals surface area (Å²) in [5.41, 5.74) is 0.396. The molecule has 0 atom stereocenters. The third-order valence-corrected chi connectivity index (χ3v) is 4.88. The summed E-state index contributed by atoms with van der Waals surface area (Å²) in [5, 5.41) is 0. The van der Waals surface area contributed by atoms with Crippen molar-refractivity contribution in [3.8, 4) is 0 Å². The zero-order valence-electron chi connectivity index (χ0n) is 11.4. The molecule has 2 rings (SSSR count). The van der Waals surface area contributed by atoms with Crippen molar-refractivity contribution < 1.29 is 9.18 Å². The zero-order chi connectivity index (χ0) is 14.0. The molecule has 0 aromatic heterocycles. The van der Waals surface area contributed by atoms with E-state index in [9.17, 15) is 9.18 Å². The van der Waals surface area contributed by atoms with Gasteiger partial charge < -0.3 is 4.90 Å². The van der Waals surface area contributed by atoms with Crippen LogP contribution in [0.4, 0.5) is 4.39 Å². The number of nitrogens with zero attached hydrogens (tertiary/aromatic N) is 1. The molecule has 104 valence electrons. The van der Waals surface area contributed by atoms with Gasteiger partial charge in [0.1, 0.15) is 5.82 Å². The summed E-state index contributed by atoms with van der Waals surface area (Å²) in [5.74, 6) is -0.640. The molecule has 1 fully saturated rings. The Morgan fingerprint density at radius 1 is 1.42 bits per heavy atom. The van der Waals surface area contributed by atoms with Crippen molar-refractivity contribution in [2.75, 3.05) is 13.1 Å². The highest BCUT2D eigenvalue weighted by molar-refractivity contribution is 9.10. The summed E-state index contributed by atoms with van der Waals surface area (Å²) in [6, 6.07) is 4.61. The van der Waals surface area contributed by atoms with Gasteiger partial charge >= 0.3 is 0 Å². The van der Waals surface area contributed by atoms with Crippen molar-refractivity contribution in [2.45, 2.75) is 33.1 Å². The van der Waals surface area contributed by atoms with Crippen LogP contribution in [0.25, 0.3) is 0 Å². The number of amides is 1. The van der Waals surface area contributed by atoms with Crippen LogP contribution in [0.2, 0.25) is 0 Å². The van der Waals surface area contributed by atoms with Gasteiger partial charge in [-0.15, -0.1) is 0 Å². The highest BCUT2D eigenvalue weighted by atomic mass is 79.9. The predicted octanol–water partition coefficient (Wildman–Crippen LogP) is 4.24. The van der Waals surface area contributed by atoms with E-state index in [-0.39, 0.29) is 16.9 Å². The fraction of sp³-hybridized carbons (Fsp3) is 0.533. The van der Waals surface area contributed by atoms with Crippen molar-refractivity contribution in [1.82, 2.24) is 4.90 Å². The van der Waals surface area contributed by atoms with Gasteiger partial charge in [0.25, 0.3) is 5.91 Å². The minimum atomic E-state index is -0.454. The van der Waals surface area contributed by atoms with Crippen molar-refractivity contribution in [1.29, 1.82) is 0 Å². The fourth-order valence-electron chi connectivity index (χ4n) is 2.77. The van der Waals surface area contributed by atoms with Crippen LogP contribution in [-0.4, -0.2) is 23.9 Å². The molecular formula is C15H19BrFNO. The Morgan fingerprint density at radius 3 is 2.63 bits per heavy atom. The van der Waals surface area contributed by atoms with Gasteiger partial charge in [0, 0.05) is 17.6 Å². The molecular weight excluding hydrogens is 309 g/mol. The summed E-state index contributed by atoms with van der Waals surface area (Å²) in [6.07, 6.45) is 3.15. The molecule has 1 heterocycles.